The second kappa shape index (κ2) is 9.79. The van der Waals surface area contributed by atoms with Crippen molar-refractivity contribution in [1.82, 2.24) is 4.90 Å². The van der Waals surface area contributed by atoms with Gasteiger partial charge in [-0.25, -0.2) is 0 Å². The van der Waals surface area contributed by atoms with Crippen LogP contribution in [0.5, 0.6) is 0 Å². The molecular formula is C22H23Cl2NO5. The van der Waals surface area contributed by atoms with E-state index in [1.807, 2.05) is 13.0 Å². The zero-order valence-electron chi connectivity index (χ0n) is 16.4. The smallest absolute Gasteiger partial charge is 0.306 e. The highest BCUT2D eigenvalue weighted by molar-refractivity contribution is 6.30. The third-order valence-electron chi connectivity index (χ3n) is 5.25. The van der Waals surface area contributed by atoms with Crippen molar-refractivity contribution in [2.45, 2.75) is 44.1 Å². The van der Waals surface area contributed by atoms with Gasteiger partial charge in [-0.1, -0.05) is 54.4 Å². The first-order valence-corrected chi connectivity index (χ1v) is 10.4. The van der Waals surface area contributed by atoms with Crippen LogP contribution in [-0.4, -0.2) is 45.7 Å². The van der Waals surface area contributed by atoms with Gasteiger partial charge < -0.3 is 19.8 Å². The van der Waals surface area contributed by atoms with Gasteiger partial charge in [-0.3, -0.25) is 9.59 Å². The van der Waals surface area contributed by atoms with E-state index in [0.717, 1.165) is 5.56 Å². The summed E-state index contributed by atoms with van der Waals surface area (Å²) in [6.07, 6.45) is -1.82. The number of aliphatic carboxylic acids is 1. The third kappa shape index (κ3) is 4.78. The third-order valence-corrected chi connectivity index (χ3v) is 5.74. The molecule has 6 nitrogen and oxygen atoms in total. The summed E-state index contributed by atoms with van der Waals surface area (Å²) in [5.41, 5.74) is 1.47. The van der Waals surface area contributed by atoms with Crippen molar-refractivity contribution in [2.75, 3.05) is 6.61 Å². The van der Waals surface area contributed by atoms with Crippen LogP contribution in [0.25, 0.3) is 0 Å². The molecule has 160 valence electrons. The van der Waals surface area contributed by atoms with Crippen molar-refractivity contribution >= 4 is 35.1 Å². The minimum absolute atomic E-state index is 0.256. The Balaban J connectivity index is 2.16. The van der Waals surface area contributed by atoms with Gasteiger partial charge in [-0.05, 0) is 41.8 Å². The van der Waals surface area contributed by atoms with Crippen LogP contribution in [0.3, 0.4) is 0 Å². The standard InChI is InChI=1S/C22H23Cl2NO5/c1-2-17(12-26)25-20(13-6-8-15(23)9-7-13)21(14-4-3-5-16(24)10-14)30-18(22(25)29)11-19(27)28/h3-10,17-18,20-21,26H,2,11-12H2,1H3,(H,27,28)/t17?,18-,20-,21+/m1/s1. The van der Waals surface area contributed by atoms with Gasteiger partial charge >= 0.3 is 5.97 Å². The molecule has 4 atom stereocenters. The van der Waals surface area contributed by atoms with E-state index in [4.69, 9.17) is 27.9 Å². The van der Waals surface area contributed by atoms with E-state index in [0.29, 0.717) is 22.0 Å². The van der Waals surface area contributed by atoms with E-state index in [2.05, 4.69) is 0 Å². The van der Waals surface area contributed by atoms with E-state index in [1.165, 1.54) is 0 Å². The Bertz CT molecular complexity index is 901. The zero-order chi connectivity index (χ0) is 21.8. The average Bonchev–Trinajstić information content (AvgIpc) is 2.71. The number of nitrogens with zero attached hydrogens (tertiary/aromatic N) is 1. The van der Waals surface area contributed by atoms with Crippen molar-refractivity contribution < 1.29 is 24.5 Å². The number of hydrogen-bond donors (Lipinski definition) is 2. The quantitative estimate of drug-likeness (QED) is 0.656. The van der Waals surface area contributed by atoms with Crippen molar-refractivity contribution in [3.8, 4) is 0 Å². The topological polar surface area (TPSA) is 87.1 Å². The maximum atomic E-state index is 13.3. The summed E-state index contributed by atoms with van der Waals surface area (Å²) in [6.45, 7) is 1.61. The molecule has 0 radical (unpaired) electrons. The van der Waals surface area contributed by atoms with Crippen LogP contribution >= 0.6 is 23.2 Å². The molecule has 1 aliphatic rings. The summed E-state index contributed by atoms with van der Waals surface area (Å²) in [4.78, 5) is 26.2. The molecule has 0 bridgehead atoms. The van der Waals surface area contributed by atoms with Crippen LogP contribution in [-0.2, 0) is 14.3 Å². The van der Waals surface area contributed by atoms with E-state index < -0.39 is 42.6 Å². The molecule has 2 aromatic rings. The second-order valence-electron chi connectivity index (χ2n) is 7.18. The summed E-state index contributed by atoms with van der Waals surface area (Å²) in [6, 6.07) is 13.0. The van der Waals surface area contributed by atoms with Crippen molar-refractivity contribution in [2.24, 2.45) is 0 Å². The minimum Gasteiger partial charge on any atom is -0.481 e. The number of carboxylic acid groups (broad SMARTS) is 1. The number of halogens is 2. The number of carbonyl (C=O) groups excluding carboxylic acids is 1. The molecule has 2 N–H and O–H groups in total. The highest BCUT2D eigenvalue weighted by Crippen LogP contribution is 2.44. The van der Waals surface area contributed by atoms with Crippen molar-refractivity contribution in [1.29, 1.82) is 0 Å². The van der Waals surface area contributed by atoms with Gasteiger partial charge in [-0.15, -0.1) is 0 Å². The van der Waals surface area contributed by atoms with E-state index >= 15 is 0 Å². The van der Waals surface area contributed by atoms with Gasteiger partial charge in [0.2, 0.25) is 0 Å². The predicted octanol–water partition coefficient (Wildman–Crippen LogP) is 4.25. The fourth-order valence-electron chi connectivity index (χ4n) is 3.81. The number of aliphatic hydroxyl groups is 1. The van der Waals surface area contributed by atoms with Crippen LogP contribution in [0.15, 0.2) is 48.5 Å². The number of rotatable bonds is 7. The maximum Gasteiger partial charge on any atom is 0.306 e. The van der Waals surface area contributed by atoms with Crippen LogP contribution in [0.2, 0.25) is 10.0 Å². The van der Waals surface area contributed by atoms with E-state index in [1.54, 1.807) is 47.4 Å². The highest BCUT2D eigenvalue weighted by Gasteiger charge is 2.46. The Kier molecular flexibility index (Phi) is 7.36. The number of ether oxygens (including phenoxy) is 1. The Morgan fingerprint density at radius 2 is 1.83 bits per heavy atom. The lowest BCUT2D eigenvalue weighted by molar-refractivity contribution is -0.184. The molecule has 30 heavy (non-hydrogen) atoms. The molecule has 1 heterocycles. The molecule has 3 rings (SSSR count). The maximum absolute atomic E-state index is 13.3. The van der Waals surface area contributed by atoms with Gasteiger partial charge in [0, 0.05) is 10.0 Å². The molecule has 1 amide bonds. The molecule has 1 fully saturated rings. The predicted molar refractivity (Wildman–Crippen MR) is 114 cm³/mol. The molecule has 1 saturated heterocycles. The minimum atomic E-state index is -1.17. The molecule has 0 spiro atoms. The first-order valence-electron chi connectivity index (χ1n) is 9.66. The fraction of sp³-hybridized carbons (Fsp3) is 0.364. The Morgan fingerprint density at radius 3 is 2.40 bits per heavy atom. The lowest BCUT2D eigenvalue weighted by Gasteiger charge is -2.47. The number of morpholine rings is 1. The highest BCUT2D eigenvalue weighted by atomic mass is 35.5. The Morgan fingerprint density at radius 1 is 1.13 bits per heavy atom. The Labute approximate surface area is 185 Å². The number of carbonyl (C=O) groups is 2. The zero-order valence-corrected chi connectivity index (χ0v) is 17.9. The first-order chi connectivity index (χ1) is 14.3. The van der Waals surface area contributed by atoms with E-state index in [-0.39, 0.29) is 6.61 Å². The van der Waals surface area contributed by atoms with Gasteiger partial charge in [0.15, 0.2) is 0 Å². The second-order valence-corrected chi connectivity index (χ2v) is 8.06. The van der Waals surface area contributed by atoms with Crippen LogP contribution in [0, 0.1) is 0 Å². The van der Waals surface area contributed by atoms with Crippen LogP contribution < -0.4 is 0 Å². The van der Waals surface area contributed by atoms with Gasteiger partial charge in [0.1, 0.15) is 12.2 Å². The van der Waals surface area contributed by atoms with Crippen molar-refractivity contribution in [3.05, 3.63) is 69.7 Å². The first kappa shape index (κ1) is 22.6. The molecule has 1 aliphatic heterocycles. The normalized spacial score (nSPS) is 22.7. The van der Waals surface area contributed by atoms with E-state index in [9.17, 15) is 19.8 Å². The van der Waals surface area contributed by atoms with Crippen LogP contribution in [0.4, 0.5) is 0 Å². The summed E-state index contributed by atoms with van der Waals surface area (Å²) < 4.78 is 6.07. The molecule has 8 heteroatoms. The number of carboxylic acids is 1. The molecule has 0 aromatic heterocycles. The molecule has 0 aliphatic carbocycles. The number of amides is 1. The molecular weight excluding hydrogens is 429 g/mol. The van der Waals surface area contributed by atoms with Gasteiger partial charge in [0.05, 0.1) is 25.1 Å². The summed E-state index contributed by atoms with van der Waals surface area (Å²) in [5.74, 6) is -1.60. The van der Waals surface area contributed by atoms with Gasteiger partial charge in [0.25, 0.3) is 5.91 Å². The van der Waals surface area contributed by atoms with Gasteiger partial charge in [-0.2, -0.15) is 0 Å². The largest absolute Gasteiger partial charge is 0.481 e. The summed E-state index contributed by atoms with van der Waals surface area (Å²) in [5, 5.41) is 20.3. The lowest BCUT2D eigenvalue weighted by atomic mass is 9.89. The van der Waals surface area contributed by atoms with Crippen molar-refractivity contribution in [3.63, 3.8) is 0 Å². The number of benzene rings is 2. The fourth-order valence-corrected chi connectivity index (χ4v) is 4.14. The SMILES string of the molecule is CCC(CO)N1C(=O)[C@@H](CC(=O)O)O[C@@H](c2cccc(Cl)c2)[C@H]1c1ccc(Cl)cc1. The molecule has 0 saturated carbocycles. The molecule has 2 aromatic carbocycles. The van der Waals surface area contributed by atoms with Crippen LogP contribution in [0.1, 0.15) is 43.0 Å². The Hall–Kier alpha value is -2.12. The monoisotopic (exact) mass is 451 g/mol. The average molecular weight is 452 g/mol. The number of hydrogen-bond acceptors (Lipinski definition) is 4. The summed E-state index contributed by atoms with van der Waals surface area (Å²) in [7, 11) is 0. The number of aliphatic hydroxyl groups excluding tert-OH is 1. The summed E-state index contributed by atoms with van der Waals surface area (Å²) >= 11 is 12.2. The molecule has 1 unspecified atom stereocenters. The lowest BCUT2D eigenvalue weighted by Crippen LogP contribution is -2.56.